The van der Waals surface area contributed by atoms with Crippen molar-refractivity contribution in [2.75, 3.05) is 6.61 Å². The smallest absolute Gasteiger partial charge is 0.115 e. The maximum absolute atomic E-state index is 11.2. The van der Waals surface area contributed by atoms with E-state index in [1.54, 1.807) is 44.2 Å². The predicted molar refractivity (Wildman–Crippen MR) is 352 cm³/mol. The van der Waals surface area contributed by atoms with E-state index in [1.807, 2.05) is 42.5 Å². The van der Waals surface area contributed by atoms with Gasteiger partial charge in [0.15, 0.2) is 0 Å². The summed E-state index contributed by atoms with van der Waals surface area (Å²) in [6.07, 6.45) is 1.73. The summed E-state index contributed by atoms with van der Waals surface area (Å²) in [7, 11) is 0. The third-order valence-corrected chi connectivity index (χ3v) is 17.2. The number of unbranched alkanes of at least 4 members (excludes halogenated alkanes) is 2. The first kappa shape index (κ1) is 85.6. The summed E-state index contributed by atoms with van der Waals surface area (Å²) in [6, 6.07) is 0. The summed E-state index contributed by atoms with van der Waals surface area (Å²) in [5.74, 6) is -0.794. The minimum atomic E-state index is -1.83. The Kier molecular flexibility index (Phi) is 44.4. The largest absolute Gasteiger partial charge is 0.394 e. The van der Waals surface area contributed by atoms with Crippen LogP contribution in [0.2, 0.25) is 0 Å². The summed E-state index contributed by atoms with van der Waals surface area (Å²) < 4.78 is 11.6. The molecule has 2 saturated heterocycles. The first-order chi connectivity index (χ1) is 44.1. The van der Waals surface area contributed by atoms with Gasteiger partial charge >= 0.3 is 0 Å². The lowest BCUT2D eigenvalue weighted by molar-refractivity contribution is -0.234. The maximum atomic E-state index is 11.2. The third-order valence-electron chi connectivity index (χ3n) is 17.2. The molecule has 2 aliphatic heterocycles. The quantitative estimate of drug-likeness (QED) is 0.0233. The molecule has 23 heteroatoms. The van der Waals surface area contributed by atoms with Crippen LogP contribution in [0.3, 0.4) is 0 Å². The molecule has 2 rings (SSSR count). The number of hydrogen-bond acceptors (Lipinski definition) is 23. The lowest BCUT2D eigenvalue weighted by Gasteiger charge is -2.42. The summed E-state index contributed by atoms with van der Waals surface area (Å²) in [6.45, 7) is 10.3. The lowest BCUT2D eigenvalue weighted by atomic mass is 9.87. The Labute approximate surface area is 550 Å². The van der Waals surface area contributed by atoms with Gasteiger partial charge in [-0.1, -0.05) is 123 Å². The minimum absolute atomic E-state index is 0.00504. The van der Waals surface area contributed by atoms with Crippen molar-refractivity contribution in [3.05, 3.63) is 122 Å². The average molecular weight is 1330 g/mol. The molecule has 0 aromatic rings. The predicted octanol–water partition coefficient (Wildman–Crippen LogP) is 1.53. The second-order valence-electron chi connectivity index (χ2n) is 25.3. The Balaban J connectivity index is 1.77. The van der Waals surface area contributed by atoms with E-state index in [1.165, 1.54) is 18.2 Å². The van der Waals surface area contributed by atoms with Crippen molar-refractivity contribution in [3.8, 4) is 0 Å². The molecule has 0 saturated carbocycles. The van der Waals surface area contributed by atoms with Gasteiger partial charge in [-0.2, -0.15) is 0 Å². The molecule has 0 spiro atoms. The van der Waals surface area contributed by atoms with E-state index in [-0.39, 0.29) is 76.4 Å². The summed E-state index contributed by atoms with van der Waals surface area (Å²) in [4.78, 5) is 0. The van der Waals surface area contributed by atoms with Crippen LogP contribution in [0.25, 0.3) is 0 Å². The van der Waals surface area contributed by atoms with E-state index < -0.39 is 152 Å². The molecule has 23 nitrogen and oxygen atoms in total. The van der Waals surface area contributed by atoms with Crippen molar-refractivity contribution < 1.29 is 117 Å². The molecule has 2 fully saturated rings. The molecule has 25 atom stereocenters. The topological polar surface area (TPSA) is 443 Å². The molecule has 0 aromatic heterocycles. The van der Waals surface area contributed by atoms with Gasteiger partial charge in [-0.05, 0) is 134 Å². The zero-order valence-electron chi connectivity index (χ0n) is 54.6. The Morgan fingerprint density at radius 1 is 0.495 bits per heavy atom. The van der Waals surface area contributed by atoms with E-state index in [9.17, 15) is 102 Å². The van der Waals surface area contributed by atoms with Crippen LogP contribution in [-0.2, 0) is 9.47 Å². The van der Waals surface area contributed by atoms with E-state index in [2.05, 4.69) is 19.2 Å². The van der Waals surface area contributed by atoms with Gasteiger partial charge < -0.3 is 117 Å². The zero-order valence-corrected chi connectivity index (χ0v) is 54.6. The Bertz CT molecular complexity index is 2240. The second-order valence-corrected chi connectivity index (χ2v) is 25.3. The van der Waals surface area contributed by atoms with Gasteiger partial charge in [-0.15, -0.1) is 0 Å². The van der Waals surface area contributed by atoms with Crippen molar-refractivity contribution >= 4 is 0 Å². The number of ether oxygens (including phenoxy) is 2. The highest BCUT2D eigenvalue weighted by Gasteiger charge is 2.47. The molecule has 2 heterocycles. The van der Waals surface area contributed by atoms with E-state index in [0.29, 0.717) is 69.8 Å². The van der Waals surface area contributed by atoms with E-state index in [0.717, 1.165) is 12.8 Å². The standard InChI is InChI=1S/C70H118O23/c1-5-6-7-8-9-10-11-12-13-14-15-16-17-18-33-55(80)64(87)69-67(90)59(84)42-61(93-69)68(91)62(85)45(3)36-38-54(79)60-41-58(83)66(89)70(92-60)65(88)56(81)39-44(2)35-37-51(76)40-57(82)63(86)46(4)53(78)34-23-31-50(75)29-21-27-48(73)25-19-24-47(72)26-20-28-49(74)30-22-32-52(77)43-71/h5-7,10-15,18,20,22,26,30,33,39,46-91H,1,3,8-9,16-17,19,21,23-25,27-29,31-32,34-38,40-43H2,2,4H3. The lowest BCUT2D eigenvalue weighted by Crippen LogP contribution is -2.59. The molecule has 0 radical (unpaired) electrons. The molecule has 0 aromatic carbocycles. The normalized spacial score (nSPS) is 26.9. The van der Waals surface area contributed by atoms with Gasteiger partial charge in [-0.3, -0.25) is 0 Å². The van der Waals surface area contributed by atoms with E-state index in [4.69, 9.17) is 14.6 Å². The number of hydrogen-bond donors (Lipinski definition) is 21. The van der Waals surface area contributed by atoms with Crippen LogP contribution in [0.4, 0.5) is 0 Å². The van der Waals surface area contributed by atoms with Crippen LogP contribution < -0.4 is 0 Å². The van der Waals surface area contributed by atoms with Crippen molar-refractivity contribution in [1.82, 2.24) is 0 Å². The Hall–Kier alpha value is -3.52. The number of allylic oxidation sites excluding steroid dienone is 11. The van der Waals surface area contributed by atoms with Gasteiger partial charge in [0.05, 0.1) is 92.1 Å². The van der Waals surface area contributed by atoms with Crippen LogP contribution in [0.1, 0.15) is 155 Å². The molecule has 21 N–H and O–H groups in total. The molecule has 25 unspecified atom stereocenters. The maximum Gasteiger partial charge on any atom is 0.115 e. The van der Waals surface area contributed by atoms with Crippen LogP contribution in [-0.4, -0.2) is 260 Å². The van der Waals surface area contributed by atoms with Crippen LogP contribution >= 0.6 is 0 Å². The monoisotopic (exact) mass is 1330 g/mol. The van der Waals surface area contributed by atoms with Gasteiger partial charge in [0.2, 0.25) is 0 Å². The van der Waals surface area contributed by atoms with Crippen molar-refractivity contribution in [2.24, 2.45) is 5.92 Å². The molecule has 2 aliphatic rings. The van der Waals surface area contributed by atoms with Crippen LogP contribution in [0, 0.1) is 5.92 Å². The number of aliphatic hydroxyl groups excluding tert-OH is 21. The first-order valence-corrected chi connectivity index (χ1v) is 33.3. The average Bonchev–Trinajstić information content (AvgIpc) is 0.848. The molecular formula is C70H118O23. The third kappa shape index (κ3) is 34.5. The number of rotatable bonds is 49. The van der Waals surface area contributed by atoms with Gasteiger partial charge in [0.25, 0.3) is 0 Å². The highest BCUT2D eigenvalue weighted by molar-refractivity contribution is 5.13. The molecule has 93 heavy (non-hydrogen) atoms. The van der Waals surface area contributed by atoms with E-state index >= 15 is 0 Å². The highest BCUT2D eigenvalue weighted by atomic mass is 16.6. The van der Waals surface area contributed by atoms with Gasteiger partial charge in [0.1, 0.15) is 61.0 Å². The molecule has 0 bridgehead atoms. The summed E-state index contributed by atoms with van der Waals surface area (Å²) in [5.41, 5.74) is 0.481. The van der Waals surface area contributed by atoms with Gasteiger partial charge in [-0.25, -0.2) is 0 Å². The first-order valence-electron chi connectivity index (χ1n) is 33.3. The van der Waals surface area contributed by atoms with Crippen molar-refractivity contribution in [1.29, 1.82) is 0 Å². The molecule has 536 valence electrons. The zero-order chi connectivity index (χ0) is 69.6. The van der Waals surface area contributed by atoms with Crippen molar-refractivity contribution in [3.63, 3.8) is 0 Å². The Morgan fingerprint density at radius 3 is 1.58 bits per heavy atom. The molecule has 0 aliphatic carbocycles. The second kappa shape index (κ2) is 48.2. The van der Waals surface area contributed by atoms with Crippen LogP contribution in [0.5, 0.6) is 0 Å². The Morgan fingerprint density at radius 2 is 1.00 bits per heavy atom. The number of aliphatic hydroxyl groups is 21. The molecule has 0 amide bonds. The highest BCUT2D eigenvalue weighted by Crippen LogP contribution is 2.32. The fraction of sp³-hybridized carbons (Fsp3) is 0.714. The van der Waals surface area contributed by atoms with Gasteiger partial charge in [0, 0.05) is 25.2 Å². The SMILES string of the molecule is C=CC=CCCC=CC=CC=CCCC=CC(O)C(O)C1OC(C(O)C(O)C(=C)CCC(O)C2CC(O)C(O)C(C(O)C(O)C=C(C)CCC(O)CC(O)C(O)C(C)C(O)CCCC(O)CCCC(O)CCCC(O)C=CCC(O)C=CCC(O)CO)O2)CC(O)C1O. The van der Waals surface area contributed by atoms with Crippen LogP contribution in [0.15, 0.2) is 122 Å². The summed E-state index contributed by atoms with van der Waals surface area (Å²) >= 11 is 0. The fourth-order valence-corrected chi connectivity index (χ4v) is 11.1. The van der Waals surface area contributed by atoms with Crippen molar-refractivity contribution in [2.45, 2.75) is 302 Å². The minimum Gasteiger partial charge on any atom is -0.394 e. The summed E-state index contributed by atoms with van der Waals surface area (Å²) in [5, 5.41) is 223. The molecular weight excluding hydrogens is 1210 g/mol. The fourth-order valence-electron chi connectivity index (χ4n) is 11.1.